The highest BCUT2D eigenvalue weighted by atomic mass is 16.3. The Bertz CT molecular complexity index is 805. The lowest BCUT2D eigenvalue weighted by molar-refractivity contribution is 0.103. The summed E-state index contributed by atoms with van der Waals surface area (Å²) in [5, 5.41) is 10.5. The van der Waals surface area contributed by atoms with E-state index in [9.17, 15) is 9.90 Å². The summed E-state index contributed by atoms with van der Waals surface area (Å²) in [6.45, 7) is 2.01. The van der Waals surface area contributed by atoms with Gasteiger partial charge in [-0.25, -0.2) is 0 Å². The third-order valence-corrected chi connectivity index (χ3v) is 3.89. The van der Waals surface area contributed by atoms with Gasteiger partial charge in [-0.05, 0) is 24.1 Å². The van der Waals surface area contributed by atoms with E-state index in [-0.39, 0.29) is 5.78 Å². The first-order valence-corrected chi connectivity index (χ1v) is 7.59. The molecule has 0 bridgehead atoms. The first-order valence-electron chi connectivity index (χ1n) is 7.59. The molecule has 1 N–H and O–H groups in total. The maximum absolute atomic E-state index is 12.5. The molecule has 0 heterocycles. The van der Waals surface area contributed by atoms with Crippen LogP contribution >= 0.6 is 0 Å². The van der Waals surface area contributed by atoms with Crippen molar-refractivity contribution in [1.82, 2.24) is 0 Å². The van der Waals surface area contributed by atoms with Crippen molar-refractivity contribution in [3.05, 3.63) is 107 Å². The van der Waals surface area contributed by atoms with Crippen LogP contribution in [0.3, 0.4) is 0 Å². The van der Waals surface area contributed by atoms with Gasteiger partial charge in [0.1, 0.15) is 6.10 Å². The van der Waals surface area contributed by atoms with Gasteiger partial charge in [-0.2, -0.15) is 0 Å². The fourth-order valence-corrected chi connectivity index (χ4v) is 2.55. The van der Waals surface area contributed by atoms with Gasteiger partial charge >= 0.3 is 0 Å². The molecular formula is C21H18O2. The highest BCUT2D eigenvalue weighted by Crippen LogP contribution is 2.23. The second kappa shape index (κ2) is 6.59. The molecular weight excluding hydrogens is 284 g/mol. The zero-order valence-electron chi connectivity index (χ0n) is 12.9. The molecule has 2 nitrogen and oxygen atoms in total. The van der Waals surface area contributed by atoms with Crippen LogP contribution in [0, 0.1) is 6.92 Å². The number of aliphatic hydroxyl groups is 1. The Labute approximate surface area is 136 Å². The van der Waals surface area contributed by atoms with E-state index in [0.29, 0.717) is 11.1 Å². The zero-order valence-corrected chi connectivity index (χ0v) is 12.9. The van der Waals surface area contributed by atoms with Crippen LogP contribution in [-0.4, -0.2) is 10.9 Å². The van der Waals surface area contributed by atoms with Gasteiger partial charge < -0.3 is 5.11 Å². The Morgan fingerprint density at radius 2 is 1.43 bits per heavy atom. The van der Waals surface area contributed by atoms with E-state index in [1.54, 1.807) is 24.3 Å². The largest absolute Gasteiger partial charge is 0.384 e. The second-order valence-electron chi connectivity index (χ2n) is 5.63. The normalized spacial score (nSPS) is 11.9. The number of hydrogen-bond acceptors (Lipinski definition) is 2. The summed E-state index contributed by atoms with van der Waals surface area (Å²) >= 11 is 0. The predicted molar refractivity (Wildman–Crippen MR) is 91.6 cm³/mol. The Hall–Kier alpha value is -2.71. The molecule has 3 rings (SSSR count). The Morgan fingerprint density at radius 3 is 2.13 bits per heavy atom. The van der Waals surface area contributed by atoms with Gasteiger partial charge in [0.2, 0.25) is 0 Å². The summed E-state index contributed by atoms with van der Waals surface area (Å²) in [6, 6.07) is 24.1. The van der Waals surface area contributed by atoms with E-state index in [4.69, 9.17) is 0 Å². The van der Waals surface area contributed by atoms with Crippen LogP contribution in [0.1, 0.15) is 38.7 Å². The van der Waals surface area contributed by atoms with Gasteiger partial charge in [0, 0.05) is 11.1 Å². The molecule has 0 fully saturated rings. The van der Waals surface area contributed by atoms with Crippen molar-refractivity contribution in [3.8, 4) is 0 Å². The Kier molecular flexibility index (Phi) is 4.35. The number of carbonyl (C=O) groups is 1. The molecule has 2 heteroatoms. The maximum atomic E-state index is 12.5. The van der Waals surface area contributed by atoms with Crippen LogP contribution in [0.5, 0.6) is 0 Å². The van der Waals surface area contributed by atoms with Crippen LogP contribution in [0.2, 0.25) is 0 Å². The smallest absolute Gasteiger partial charge is 0.193 e. The molecule has 0 aliphatic rings. The van der Waals surface area contributed by atoms with Crippen molar-refractivity contribution in [1.29, 1.82) is 0 Å². The van der Waals surface area contributed by atoms with E-state index in [1.807, 2.05) is 61.5 Å². The van der Waals surface area contributed by atoms with Crippen LogP contribution < -0.4 is 0 Å². The highest BCUT2D eigenvalue weighted by molar-refractivity contribution is 6.09. The fraction of sp³-hybridized carbons (Fsp3) is 0.0952. The molecule has 0 saturated heterocycles. The van der Waals surface area contributed by atoms with Crippen LogP contribution in [0.15, 0.2) is 78.9 Å². The first kappa shape index (κ1) is 15.2. The van der Waals surface area contributed by atoms with Crippen molar-refractivity contribution in [2.24, 2.45) is 0 Å². The average Bonchev–Trinajstić information content (AvgIpc) is 2.62. The minimum Gasteiger partial charge on any atom is -0.384 e. The van der Waals surface area contributed by atoms with Gasteiger partial charge in [0.25, 0.3) is 0 Å². The third kappa shape index (κ3) is 3.38. The van der Waals surface area contributed by atoms with E-state index in [1.165, 1.54) is 0 Å². The molecule has 0 spiro atoms. The molecule has 23 heavy (non-hydrogen) atoms. The summed E-state index contributed by atoms with van der Waals surface area (Å²) in [6.07, 6.45) is -0.737. The Balaban J connectivity index is 1.90. The van der Waals surface area contributed by atoms with Gasteiger partial charge in [0.05, 0.1) is 0 Å². The molecule has 0 aliphatic carbocycles. The van der Waals surface area contributed by atoms with Crippen molar-refractivity contribution < 1.29 is 9.90 Å². The second-order valence-corrected chi connectivity index (χ2v) is 5.63. The minimum absolute atomic E-state index is 0.0384. The van der Waals surface area contributed by atoms with Crippen molar-refractivity contribution >= 4 is 5.78 Å². The maximum Gasteiger partial charge on any atom is 0.193 e. The molecule has 0 radical (unpaired) electrons. The lowest BCUT2D eigenvalue weighted by Crippen LogP contribution is -2.04. The lowest BCUT2D eigenvalue weighted by atomic mass is 9.96. The zero-order chi connectivity index (χ0) is 16.2. The predicted octanol–water partition coefficient (Wildman–Crippen LogP) is 4.31. The van der Waals surface area contributed by atoms with Gasteiger partial charge in [-0.3, -0.25) is 4.79 Å². The van der Waals surface area contributed by atoms with E-state index >= 15 is 0 Å². The molecule has 0 aromatic heterocycles. The summed E-state index contributed by atoms with van der Waals surface area (Å²) in [5.41, 5.74) is 3.92. The van der Waals surface area contributed by atoms with E-state index in [0.717, 1.165) is 16.7 Å². The standard InChI is InChI=1S/C21H18O2/c1-15-10-12-17(13-11-15)21(23)19-9-5-8-18(14-19)20(22)16-6-3-2-4-7-16/h2-14,21,23H,1H3. The topological polar surface area (TPSA) is 37.3 Å². The average molecular weight is 302 g/mol. The van der Waals surface area contributed by atoms with E-state index < -0.39 is 6.10 Å². The highest BCUT2D eigenvalue weighted by Gasteiger charge is 2.14. The van der Waals surface area contributed by atoms with Crippen LogP contribution in [-0.2, 0) is 0 Å². The monoisotopic (exact) mass is 302 g/mol. The van der Waals surface area contributed by atoms with E-state index in [2.05, 4.69) is 0 Å². The SMILES string of the molecule is Cc1ccc(C(O)c2cccc(C(=O)c3ccccc3)c2)cc1. The molecule has 1 atom stereocenters. The third-order valence-electron chi connectivity index (χ3n) is 3.89. The lowest BCUT2D eigenvalue weighted by Gasteiger charge is -2.13. The van der Waals surface area contributed by atoms with Crippen molar-refractivity contribution in [2.75, 3.05) is 0 Å². The molecule has 0 amide bonds. The number of rotatable bonds is 4. The van der Waals surface area contributed by atoms with Gasteiger partial charge in [-0.1, -0.05) is 78.4 Å². The summed E-state index contributed by atoms with van der Waals surface area (Å²) in [7, 11) is 0. The van der Waals surface area contributed by atoms with Gasteiger partial charge in [-0.15, -0.1) is 0 Å². The number of hydrogen-bond donors (Lipinski definition) is 1. The quantitative estimate of drug-likeness (QED) is 0.729. The number of benzene rings is 3. The number of aliphatic hydroxyl groups excluding tert-OH is 1. The molecule has 0 saturated carbocycles. The fourth-order valence-electron chi connectivity index (χ4n) is 2.55. The molecule has 3 aromatic rings. The van der Waals surface area contributed by atoms with Crippen molar-refractivity contribution in [3.63, 3.8) is 0 Å². The first-order chi connectivity index (χ1) is 11.1. The number of aryl methyl sites for hydroxylation is 1. The summed E-state index contributed by atoms with van der Waals surface area (Å²) in [4.78, 5) is 12.5. The summed E-state index contributed by atoms with van der Waals surface area (Å²) in [5.74, 6) is -0.0384. The molecule has 1 unspecified atom stereocenters. The molecule has 114 valence electrons. The summed E-state index contributed by atoms with van der Waals surface area (Å²) < 4.78 is 0. The van der Waals surface area contributed by atoms with Crippen LogP contribution in [0.4, 0.5) is 0 Å². The number of ketones is 1. The number of carbonyl (C=O) groups excluding carboxylic acids is 1. The molecule has 3 aromatic carbocycles. The Morgan fingerprint density at radius 1 is 0.783 bits per heavy atom. The van der Waals surface area contributed by atoms with Crippen LogP contribution in [0.25, 0.3) is 0 Å². The van der Waals surface area contributed by atoms with Gasteiger partial charge in [0.15, 0.2) is 5.78 Å². The minimum atomic E-state index is -0.737. The van der Waals surface area contributed by atoms with Crippen molar-refractivity contribution in [2.45, 2.75) is 13.0 Å². The molecule has 0 aliphatic heterocycles.